The first kappa shape index (κ1) is 23.4. The van der Waals surface area contributed by atoms with Crippen molar-refractivity contribution < 1.29 is 23.9 Å². The summed E-state index contributed by atoms with van der Waals surface area (Å²) in [5.74, 6) is -0.180. The quantitative estimate of drug-likeness (QED) is 0.470. The van der Waals surface area contributed by atoms with Crippen LogP contribution in [-0.4, -0.2) is 35.9 Å². The normalized spacial score (nSPS) is 12.7. The number of aromatic nitrogens is 1. The molecule has 0 atom stereocenters. The van der Waals surface area contributed by atoms with Gasteiger partial charge in [-0.1, -0.05) is 29.8 Å². The molecule has 1 aromatic heterocycles. The van der Waals surface area contributed by atoms with Crippen LogP contribution < -0.4 is 14.5 Å². The summed E-state index contributed by atoms with van der Waals surface area (Å²) in [5.41, 5.74) is 4.05. The van der Waals surface area contributed by atoms with E-state index in [4.69, 9.17) is 9.47 Å². The summed E-state index contributed by atoms with van der Waals surface area (Å²) in [7, 11) is 0. The highest BCUT2D eigenvalue weighted by Gasteiger charge is 2.26. The van der Waals surface area contributed by atoms with Gasteiger partial charge in [-0.15, -0.1) is 11.3 Å². The van der Waals surface area contributed by atoms with Crippen molar-refractivity contribution in [2.24, 2.45) is 0 Å². The number of nitrogens with zero attached hydrogens (tertiary/aromatic N) is 3. The number of benzene rings is 2. The van der Waals surface area contributed by atoms with Gasteiger partial charge in [0.05, 0.1) is 23.5 Å². The van der Waals surface area contributed by atoms with Crippen LogP contribution in [0.1, 0.15) is 30.2 Å². The summed E-state index contributed by atoms with van der Waals surface area (Å²) in [4.78, 5) is 44.6. The number of fused-ring (bicyclic) bond motifs is 1. The molecular weight excluding hydrogens is 454 g/mol. The van der Waals surface area contributed by atoms with Crippen LogP contribution in [0.5, 0.6) is 5.75 Å². The van der Waals surface area contributed by atoms with Crippen LogP contribution in [-0.2, 0) is 25.7 Å². The average Bonchev–Trinajstić information content (AvgIpc) is 3.27. The molecule has 0 radical (unpaired) electrons. The van der Waals surface area contributed by atoms with Gasteiger partial charge in [-0.3, -0.25) is 19.3 Å². The Labute approximate surface area is 201 Å². The van der Waals surface area contributed by atoms with Crippen LogP contribution >= 0.6 is 11.3 Å². The number of carbonyl (C=O) groups is 3. The third kappa shape index (κ3) is 5.09. The predicted octanol–water partition coefficient (Wildman–Crippen LogP) is 4.30. The van der Waals surface area contributed by atoms with E-state index in [1.54, 1.807) is 22.4 Å². The van der Waals surface area contributed by atoms with Crippen molar-refractivity contribution in [3.05, 3.63) is 64.7 Å². The molecule has 0 spiro atoms. The molecule has 34 heavy (non-hydrogen) atoms. The van der Waals surface area contributed by atoms with Crippen molar-refractivity contribution in [2.75, 3.05) is 23.0 Å². The van der Waals surface area contributed by atoms with E-state index in [1.165, 1.54) is 23.2 Å². The first-order valence-corrected chi connectivity index (χ1v) is 11.7. The number of para-hydroxylation sites is 2. The highest BCUT2D eigenvalue weighted by molar-refractivity contribution is 7.14. The average molecular weight is 480 g/mol. The van der Waals surface area contributed by atoms with Gasteiger partial charge >= 0.3 is 5.97 Å². The number of amides is 2. The van der Waals surface area contributed by atoms with Gasteiger partial charge in [0.2, 0.25) is 5.91 Å². The summed E-state index contributed by atoms with van der Waals surface area (Å²) in [6.45, 7) is 5.57. The first-order chi connectivity index (χ1) is 16.3. The van der Waals surface area contributed by atoms with Gasteiger partial charge in [-0.05, 0) is 37.6 Å². The highest BCUT2D eigenvalue weighted by atomic mass is 32.1. The zero-order valence-electron chi connectivity index (χ0n) is 19.2. The topological polar surface area (TPSA) is 89.0 Å². The Morgan fingerprint density at radius 2 is 2.00 bits per heavy atom. The van der Waals surface area contributed by atoms with Crippen molar-refractivity contribution in [3.8, 4) is 5.75 Å². The number of ether oxygens (including phenoxy) is 2. The Hall–Kier alpha value is -3.72. The number of hydrogen-bond acceptors (Lipinski definition) is 7. The Kier molecular flexibility index (Phi) is 6.93. The minimum Gasteiger partial charge on any atom is -0.482 e. The Morgan fingerprint density at radius 3 is 2.76 bits per heavy atom. The SMILES string of the molecule is CC(=O)N(c1nc(COC(=O)CCN2C(=O)COc3ccccc32)cs1)c1ccc(C)cc1C. The van der Waals surface area contributed by atoms with E-state index in [-0.39, 0.29) is 38.0 Å². The molecule has 3 aromatic rings. The smallest absolute Gasteiger partial charge is 0.307 e. The van der Waals surface area contributed by atoms with Crippen molar-refractivity contribution in [2.45, 2.75) is 33.8 Å². The van der Waals surface area contributed by atoms with Gasteiger partial charge < -0.3 is 14.4 Å². The van der Waals surface area contributed by atoms with Crippen LogP contribution in [0.25, 0.3) is 0 Å². The molecule has 0 saturated carbocycles. The summed E-state index contributed by atoms with van der Waals surface area (Å²) < 4.78 is 10.8. The molecule has 0 unspecified atom stereocenters. The van der Waals surface area contributed by atoms with E-state index >= 15 is 0 Å². The minimum atomic E-state index is -0.441. The standard InChI is InChI=1S/C25H25N3O5S/c1-16-8-9-20(17(2)12-16)28(18(3)29)25-26-19(15-34-25)13-33-24(31)10-11-27-21-6-4-5-7-22(21)32-14-23(27)30/h4-9,12,15H,10-11,13-14H2,1-3H3. The number of esters is 1. The fourth-order valence-electron chi connectivity index (χ4n) is 3.76. The van der Waals surface area contributed by atoms with Gasteiger partial charge in [0.25, 0.3) is 5.91 Å². The summed E-state index contributed by atoms with van der Waals surface area (Å²) in [6.07, 6.45) is 0.0409. The molecule has 176 valence electrons. The van der Waals surface area contributed by atoms with Gasteiger partial charge in [0.1, 0.15) is 12.4 Å². The number of rotatable bonds is 7. The van der Waals surface area contributed by atoms with Gasteiger partial charge in [-0.25, -0.2) is 4.98 Å². The predicted molar refractivity (Wildman–Crippen MR) is 130 cm³/mol. The second-order valence-corrected chi connectivity index (χ2v) is 8.81. The van der Waals surface area contributed by atoms with E-state index < -0.39 is 5.97 Å². The van der Waals surface area contributed by atoms with Gasteiger partial charge in [-0.2, -0.15) is 0 Å². The van der Waals surface area contributed by atoms with Crippen LogP contribution in [0, 0.1) is 13.8 Å². The van der Waals surface area contributed by atoms with E-state index in [1.807, 2.05) is 44.2 Å². The molecule has 0 saturated heterocycles. The Morgan fingerprint density at radius 1 is 1.21 bits per heavy atom. The first-order valence-electron chi connectivity index (χ1n) is 10.8. The number of thiazole rings is 1. The minimum absolute atomic E-state index is 0.0123. The Balaban J connectivity index is 1.37. The molecule has 0 aliphatic carbocycles. The molecule has 8 nitrogen and oxygen atoms in total. The van der Waals surface area contributed by atoms with Crippen molar-refractivity contribution in [1.82, 2.24) is 4.98 Å². The van der Waals surface area contributed by atoms with Gasteiger partial charge in [0, 0.05) is 18.8 Å². The molecular formula is C25H25N3O5S. The summed E-state index contributed by atoms with van der Waals surface area (Å²) in [6, 6.07) is 13.1. The highest BCUT2D eigenvalue weighted by Crippen LogP contribution is 2.33. The number of anilines is 3. The fourth-order valence-corrected chi connectivity index (χ4v) is 4.62. The lowest BCUT2D eigenvalue weighted by atomic mass is 10.1. The van der Waals surface area contributed by atoms with Crippen LogP contribution in [0.15, 0.2) is 47.8 Å². The molecule has 9 heteroatoms. The van der Waals surface area contributed by atoms with E-state index in [9.17, 15) is 14.4 Å². The molecule has 2 heterocycles. The van der Waals surface area contributed by atoms with Crippen LogP contribution in [0.3, 0.4) is 0 Å². The summed E-state index contributed by atoms with van der Waals surface area (Å²) in [5, 5.41) is 2.28. The second kappa shape index (κ2) is 10.0. The lowest BCUT2D eigenvalue weighted by Gasteiger charge is -2.28. The maximum atomic E-state index is 12.4. The third-order valence-corrected chi connectivity index (χ3v) is 6.24. The summed E-state index contributed by atoms with van der Waals surface area (Å²) >= 11 is 1.31. The van der Waals surface area contributed by atoms with Crippen LogP contribution in [0.4, 0.5) is 16.5 Å². The number of hydrogen-bond donors (Lipinski definition) is 0. The molecule has 2 amide bonds. The van der Waals surface area contributed by atoms with Gasteiger partial charge in [0.15, 0.2) is 11.7 Å². The van der Waals surface area contributed by atoms with E-state index in [2.05, 4.69) is 4.98 Å². The fraction of sp³-hybridized carbons (Fsp3) is 0.280. The van der Waals surface area contributed by atoms with Crippen molar-refractivity contribution in [1.29, 1.82) is 0 Å². The largest absolute Gasteiger partial charge is 0.482 e. The van der Waals surface area contributed by atoms with Crippen molar-refractivity contribution in [3.63, 3.8) is 0 Å². The molecule has 2 aromatic carbocycles. The van der Waals surface area contributed by atoms with E-state index in [0.29, 0.717) is 22.3 Å². The second-order valence-electron chi connectivity index (χ2n) is 7.98. The number of carbonyl (C=O) groups excluding carboxylic acids is 3. The maximum absolute atomic E-state index is 12.4. The van der Waals surface area contributed by atoms with Crippen molar-refractivity contribution >= 4 is 45.6 Å². The maximum Gasteiger partial charge on any atom is 0.307 e. The molecule has 0 bridgehead atoms. The number of aryl methyl sites for hydroxylation is 2. The third-order valence-electron chi connectivity index (χ3n) is 5.37. The molecule has 0 fully saturated rings. The monoisotopic (exact) mass is 479 g/mol. The zero-order valence-corrected chi connectivity index (χ0v) is 20.1. The molecule has 0 N–H and O–H groups in total. The molecule has 1 aliphatic heterocycles. The van der Waals surface area contributed by atoms with E-state index in [0.717, 1.165) is 16.8 Å². The lowest BCUT2D eigenvalue weighted by molar-refractivity contribution is -0.144. The van der Waals surface area contributed by atoms with Crippen LogP contribution in [0.2, 0.25) is 0 Å². The zero-order chi connectivity index (χ0) is 24.2. The Bertz CT molecular complexity index is 1240. The lowest BCUT2D eigenvalue weighted by Crippen LogP contribution is -2.40. The molecule has 4 rings (SSSR count). The molecule has 1 aliphatic rings.